The number of aromatic amines is 1. The zero-order valence-corrected chi connectivity index (χ0v) is 85.0. The number of nitrogens with two attached hydrogens (primary N) is 4. The second-order valence-electron chi connectivity index (χ2n) is 35.9. The molecule has 830 valence electrons. The zero-order valence-electron chi connectivity index (χ0n) is 85.0. The van der Waals surface area contributed by atoms with Gasteiger partial charge in [-0.15, -0.1) is 5.10 Å². The van der Waals surface area contributed by atoms with Gasteiger partial charge in [0.05, 0.1) is 64.4 Å². The highest BCUT2D eigenvalue weighted by molar-refractivity contribution is 6.01. The van der Waals surface area contributed by atoms with Crippen LogP contribution in [0.1, 0.15) is 210 Å². The van der Waals surface area contributed by atoms with Crippen LogP contribution >= 0.6 is 0 Å². The number of aliphatic imine (C=N–C) groups is 1. The molecule has 2 fully saturated rings. The minimum Gasteiger partial charge on any atom is -0.480 e. The molecule has 0 spiro atoms. The molecule has 12 atom stereocenters. The Hall–Kier alpha value is -14.0. The number of carbonyl (C=O) groups excluding carboxylic acids is 17. The summed E-state index contributed by atoms with van der Waals surface area (Å²) < 4.78 is 10.8. The molecule has 1 aromatic heterocycles. The molecule has 2 saturated heterocycles. The number of aromatic nitrogens is 4. The number of H-pyrrole nitrogens is 1. The second kappa shape index (κ2) is 74.0. The van der Waals surface area contributed by atoms with Crippen molar-refractivity contribution in [3.63, 3.8) is 0 Å². The van der Waals surface area contributed by atoms with E-state index in [4.69, 9.17) is 32.4 Å². The van der Waals surface area contributed by atoms with E-state index in [2.05, 4.69) is 119 Å². The Morgan fingerprint density at radius 2 is 1.19 bits per heavy atom. The fourth-order valence-corrected chi connectivity index (χ4v) is 16.0. The van der Waals surface area contributed by atoms with Crippen LogP contribution in [0, 0.1) is 0 Å². The number of tetrazole rings is 1. The van der Waals surface area contributed by atoms with E-state index >= 15 is 28.8 Å². The molecule has 34 N–H and O–H groups in total. The van der Waals surface area contributed by atoms with Crippen molar-refractivity contribution in [3.05, 3.63) is 96.1 Å². The molecule has 3 heterocycles. The van der Waals surface area contributed by atoms with Gasteiger partial charge < -0.3 is 150 Å². The van der Waals surface area contributed by atoms with Gasteiger partial charge in [0.15, 0.2) is 0 Å². The molecule has 149 heavy (non-hydrogen) atoms. The Morgan fingerprint density at radius 3 is 1.81 bits per heavy atom. The molecule has 17 amide bonds. The number of aliphatic carboxylic acids is 2. The summed E-state index contributed by atoms with van der Waals surface area (Å²) in [7, 11) is 0. The molecule has 2 aromatic carbocycles. The van der Waals surface area contributed by atoms with Gasteiger partial charge in [0.25, 0.3) is 0 Å². The number of aryl methyl sites for hydroxylation is 1. The maximum Gasteiger partial charge on any atom is 0.317 e. The van der Waals surface area contributed by atoms with E-state index in [1.165, 1.54) is 44.9 Å². The van der Waals surface area contributed by atoms with E-state index in [-0.39, 0.29) is 128 Å². The highest BCUT2D eigenvalue weighted by atomic mass is 16.5. The van der Waals surface area contributed by atoms with E-state index in [0.29, 0.717) is 34.4 Å². The fraction of sp³-hybridized carbons (Fsp3) is 0.615. The molecule has 0 bridgehead atoms. The number of carboxylic acid groups (broad SMARTS) is 2. The molecule has 1 unspecified atom stereocenters. The minimum absolute atomic E-state index is 0. The standard InChI is InChI=1S/C96H150N26O25.2H3N/c1-4-5-32-67(87(136)112-70-38-40-80(127)103-42-26-25-33-66(86(100)135)108-90(139)71(47-61(2)63-30-21-18-22-31-63)113-88(137)68(34-27-41-102-60-98)109-91(140)72(48-62-28-19-17-20-29-62)115-95(144)76-50-65(124)54-122(76)96(70)145)110-93(142)74(52-105-82(129)55-121(56-84(131)132)57-85(133)134)116-92(141)73(49-64(51-97)101-3)114-89(138)69(37-39-77(99)125)111-94(143)75(58-123)107-81(128)53-106-83(130)59-147-46-45-146-44-43-104-79(126)36-24-16-14-12-10-8-6-7-9-11-13-15-23-35-78-117-119-120-118-78;;/h17-22,28-31,51,65-76,102,123-124H,2-16,23-27,32-50,52-60,97-98H2,1H3,(H2,99,125)(H2,100,135)(H,103,127)(H,104,126)(H,105,129)(H,106,130)(H,107,128)(H,108,139)(H,109,140)(H,110,142)(H,111,143)(H,112,136)(H,113,137)(H,114,138)(H,115,144)(H,116,141)(H,131,132)(H,133,134)(H,117,118,119,120);2*1H3/b64-51-;;/t65-,66+,67+,68+,69+,70+,71+,72-,73+,74?,75+,76+;;/m1../s1. The molecule has 2 aliphatic rings. The number of rotatable bonds is 66. The first-order valence-corrected chi connectivity index (χ1v) is 49.9. The quantitative estimate of drug-likeness (QED) is 0.0144. The smallest absolute Gasteiger partial charge is 0.317 e. The van der Waals surface area contributed by atoms with E-state index in [1.54, 1.807) is 67.6 Å². The molecule has 0 saturated carbocycles. The van der Waals surface area contributed by atoms with Gasteiger partial charge in [-0.05, 0) is 105 Å². The number of nitrogens with zero attached hydrogens (tertiary/aromatic N) is 6. The number of ether oxygens (including phenoxy) is 2. The van der Waals surface area contributed by atoms with Crippen LogP contribution in [-0.2, 0) is 113 Å². The number of hydrogen-bond acceptors (Lipinski definition) is 33. The van der Waals surface area contributed by atoms with E-state index in [1.807, 2.05) is 0 Å². The van der Waals surface area contributed by atoms with Crippen molar-refractivity contribution < 1.29 is 121 Å². The Bertz CT molecular complexity index is 4740. The van der Waals surface area contributed by atoms with Crippen molar-refractivity contribution in [2.24, 2.45) is 27.9 Å². The number of hydrogen-bond donors (Lipinski definition) is 26. The van der Waals surface area contributed by atoms with Crippen LogP contribution in [0.2, 0.25) is 0 Å². The van der Waals surface area contributed by atoms with Crippen LogP contribution in [0.15, 0.2) is 84.1 Å². The zero-order chi connectivity index (χ0) is 108. The SMILES string of the molecule is C=N/C(=C\N)C[C@H](NC(=O)[C@H](CCC(N)=O)NC(=O)[C@H](CO)NC(=O)CNC(=O)COCCOCCNC(=O)CCCCCCCCCCCCCCCc1nnn[nH]1)C(=O)NC(CNC(=O)CN(CC(=O)O)CC(=O)O)C(=O)N[C@@H](CCCC)C(=O)N[C@H]1CCC(=O)NCCCC[C@@H](C(N)=O)NC(=O)[C@H](CC(=C)c2ccccc2)NC(=O)[C@H](CCCNCN)NC(=O)[C@@H](Cc2ccccc2)NC(=O)[C@@H]2C[C@@H](O)CN2C1=O.N.N. The molecule has 2 aliphatic heterocycles. The summed E-state index contributed by atoms with van der Waals surface area (Å²) in [6.45, 7) is 2.90. The van der Waals surface area contributed by atoms with Gasteiger partial charge in [-0.2, -0.15) is 0 Å². The number of carbonyl (C=O) groups is 19. The minimum atomic E-state index is -2.11. The van der Waals surface area contributed by atoms with Crippen LogP contribution in [0.25, 0.3) is 5.57 Å². The monoisotopic (exact) mass is 2100 g/mol. The Balaban J connectivity index is 0.0000285. The third-order valence-corrected chi connectivity index (χ3v) is 24.0. The van der Waals surface area contributed by atoms with Crippen molar-refractivity contribution in [1.29, 1.82) is 0 Å². The van der Waals surface area contributed by atoms with Crippen LogP contribution in [0.4, 0.5) is 0 Å². The summed E-state index contributed by atoms with van der Waals surface area (Å²) >= 11 is 0. The second-order valence-corrected chi connectivity index (χ2v) is 35.9. The van der Waals surface area contributed by atoms with Crippen molar-refractivity contribution in [2.45, 2.75) is 279 Å². The predicted octanol–water partition coefficient (Wildman–Crippen LogP) is -4.27. The number of carboxylic acids is 2. The number of aliphatic hydroxyl groups is 2. The molecular weight excluding hydrogens is 1950 g/mol. The van der Waals surface area contributed by atoms with Crippen molar-refractivity contribution >= 4 is 125 Å². The normalized spacial score (nSPS) is 18.0. The molecule has 5 rings (SSSR count). The Kier molecular flexibility index (Phi) is 64.2. The molecule has 0 radical (unpaired) electrons. The third kappa shape index (κ3) is 53.0. The van der Waals surface area contributed by atoms with Crippen LogP contribution < -0.4 is 115 Å². The van der Waals surface area contributed by atoms with Gasteiger partial charge in [-0.1, -0.05) is 158 Å². The number of aliphatic hydroxyl groups excluding tert-OH is 2. The Labute approximate surface area is 865 Å². The van der Waals surface area contributed by atoms with Gasteiger partial charge in [0.1, 0.15) is 78.9 Å². The first-order valence-electron chi connectivity index (χ1n) is 49.9. The van der Waals surface area contributed by atoms with Gasteiger partial charge >= 0.3 is 11.9 Å². The summed E-state index contributed by atoms with van der Waals surface area (Å²) in [5, 5.41) is 93.1. The number of primary amides is 2. The summed E-state index contributed by atoms with van der Waals surface area (Å²) in [5.74, 6) is -19.2. The lowest BCUT2D eigenvalue weighted by molar-refractivity contribution is -0.143. The number of fused-ring (bicyclic) bond motifs is 1. The van der Waals surface area contributed by atoms with E-state index in [0.717, 1.165) is 61.9 Å². The molecule has 53 heteroatoms. The van der Waals surface area contributed by atoms with Crippen LogP contribution in [0.5, 0.6) is 0 Å². The van der Waals surface area contributed by atoms with Crippen molar-refractivity contribution in [3.8, 4) is 0 Å². The number of benzene rings is 2. The van der Waals surface area contributed by atoms with Crippen molar-refractivity contribution in [2.75, 3.05) is 98.6 Å². The number of amides is 17. The lowest BCUT2D eigenvalue weighted by Crippen LogP contribution is -2.62. The Morgan fingerprint density at radius 1 is 0.611 bits per heavy atom. The fourth-order valence-electron chi connectivity index (χ4n) is 16.0. The van der Waals surface area contributed by atoms with Crippen LogP contribution in [0.3, 0.4) is 0 Å². The van der Waals surface area contributed by atoms with E-state index < -0.39 is 270 Å². The molecular formula is C96H156N28O25. The van der Waals surface area contributed by atoms with Gasteiger partial charge in [0.2, 0.25) is 100 Å². The topological polar surface area (TPSA) is 852 Å². The third-order valence-electron chi connectivity index (χ3n) is 24.0. The highest BCUT2D eigenvalue weighted by Crippen LogP contribution is 2.24. The van der Waals surface area contributed by atoms with Crippen molar-refractivity contribution in [1.82, 2.24) is 122 Å². The van der Waals surface area contributed by atoms with E-state index in [9.17, 15) is 82.8 Å². The largest absolute Gasteiger partial charge is 0.480 e. The summed E-state index contributed by atoms with van der Waals surface area (Å²) in [6.07, 6.45) is 11.7. The summed E-state index contributed by atoms with van der Waals surface area (Å²) in [4.78, 5) is 269. The maximum atomic E-state index is 15.5. The molecule has 53 nitrogen and oxygen atoms in total. The number of unbranched alkanes of at least 4 members (excludes halogenated alkanes) is 13. The predicted molar refractivity (Wildman–Crippen MR) is 544 cm³/mol. The van der Waals surface area contributed by atoms with Crippen LogP contribution in [-0.4, -0.2) is 341 Å². The molecule has 3 aromatic rings. The lowest BCUT2D eigenvalue weighted by atomic mass is 9.98. The summed E-state index contributed by atoms with van der Waals surface area (Å²) in [6, 6.07) is -1.92. The molecule has 0 aliphatic carbocycles. The lowest BCUT2D eigenvalue weighted by Gasteiger charge is -2.31. The first-order chi connectivity index (χ1) is 70.5. The first kappa shape index (κ1) is 129. The maximum absolute atomic E-state index is 15.5. The number of nitrogens with one attached hydrogen (secondary N) is 16. The summed E-state index contributed by atoms with van der Waals surface area (Å²) in [5.41, 5.74) is 24.2. The van der Waals surface area contributed by atoms with Gasteiger partial charge in [0, 0.05) is 90.4 Å². The average Bonchev–Trinajstić information content (AvgIpc) is 1.67. The average molecular weight is 2100 g/mol. The highest BCUT2D eigenvalue weighted by Gasteiger charge is 2.45. The van der Waals surface area contributed by atoms with Gasteiger partial charge in [-0.3, -0.25) is 101 Å². The van der Waals surface area contributed by atoms with Gasteiger partial charge in [-0.25, -0.2) is 5.10 Å².